The zero-order valence-electron chi connectivity index (χ0n) is 15.3. The SMILES string of the molecule is CCN1C(=O)N/C(=C/c2ccc(OCc3ccc(Cl)cc3Cl)c(OC)c2)C1=O. The lowest BCUT2D eigenvalue weighted by Gasteiger charge is -2.12. The first-order valence-corrected chi connectivity index (χ1v) is 9.27. The molecule has 0 saturated carbocycles. The second kappa shape index (κ2) is 8.54. The fraction of sp³-hybridized carbons (Fsp3) is 0.200. The summed E-state index contributed by atoms with van der Waals surface area (Å²) in [4.78, 5) is 25.1. The Kier molecular flexibility index (Phi) is 6.11. The Labute approximate surface area is 172 Å². The van der Waals surface area contributed by atoms with E-state index in [-0.39, 0.29) is 18.2 Å². The lowest BCUT2D eigenvalue weighted by Crippen LogP contribution is -2.30. The molecule has 2 aromatic rings. The number of halogens is 2. The second-order valence-corrected chi connectivity index (χ2v) is 6.82. The number of hydrogen-bond acceptors (Lipinski definition) is 4. The molecule has 6 nitrogen and oxygen atoms in total. The lowest BCUT2D eigenvalue weighted by molar-refractivity contribution is -0.122. The number of imide groups is 1. The van der Waals surface area contributed by atoms with Crippen molar-refractivity contribution in [3.8, 4) is 11.5 Å². The maximum Gasteiger partial charge on any atom is 0.328 e. The summed E-state index contributed by atoms with van der Waals surface area (Å²) in [6, 6.07) is 9.98. The topological polar surface area (TPSA) is 67.9 Å². The number of nitrogens with one attached hydrogen (secondary N) is 1. The van der Waals surface area contributed by atoms with Crippen molar-refractivity contribution in [2.75, 3.05) is 13.7 Å². The Hall–Kier alpha value is -2.70. The molecule has 0 spiro atoms. The minimum absolute atomic E-state index is 0.218. The zero-order valence-corrected chi connectivity index (χ0v) is 16.8. The molecular formula is C20H18Cl2N2O4. The molecule has 2 aromatic carbocycles. The average Bonchev–Trinajstić information content (AvgIpc) is 2.94. The summed E-state index contributed by atoms with van der Waals surface area (Å²) in [5.74, 6) is 0.653. The molecule has 3 amide bonds. The zero-order chi connectivity index (χ0) is 20.3. The molecule has 3 rings (SSSR count). The third-order valence-corrected chi connectivity index (χ3v) is 4.76. The highest BCUT2D eigenvalue weighted by atomic mass is 35.5. The normalized spacial score (nSPS) is 15.1. The summed E-state index contributed by atoms with van der Waals surface area (Å²) in [6.45, 7) is 2.29. The Balaban J connectivity index is 1.78. The number of methoxy groups -OCH3 is 1. The minimum Gasteiger partial charge on any atom is -0.493 e. The van der Waals surface area contributed by atoms with Gasteiger partial charge < -0.3 is 14.8 Å². The van der Waals surface area contributed by atoms with Crippen molar-refractivity contribution in [2.24, 2.45) is 0 Å². The summed E-state index contributed by atoms with van der Waals surface area (Å²) in [6.07, 6.45) is 1.60. The van der Waals surface area contributed by atoms with Crippen LogP contribution < -0.4 is 14.8 Å². The van der Waals surface area contributed by atoms with Gasteiger partial charge >= 0.3 is 6.03 Å². The molecule has 0 unspecified atom stereocenters. The average molecular weight is 421 g/mol. The van der Waals surface area contributed by atoms with Crippen LogP contribution in [0.2, 0.25) is 10.0 Å². The molecule has 0 atom stereocenters. The molecule has 0 aliphatic carbocycles. The van der Waals surface area contributed by atoms with E-state index >= 15 is 0 Å². The summed E-state index contributed by atoms with van der Waals surface area (Å²) >= 11 is 12.1. The fourth-order valence-electron chi connectivity index (χ4n) is 2.71. The quantitative estimate of drug-likeness (QED) is 0.551. The van der Waals surface area contributed by atoms with Gasteiger partial charge in [-0.25, -0.2) is 4.79 Å². The van der Waals surface area contributed by atoms with E-state index in [0.29, 0.717) is 33.7 Å². The van der Waals surface area contributed by atoms with Crippen LogP contribution in [0.5, 0.6) is 11.5 Å². The first-order chi connectivity index (χ1) is 13.4. The van der Waals surface area contributed by atoms with Gasteiger partial charge in [-0.2, -0.15) is 0 Å². The first-order valence-electron chi connectivity index (χ1n) is 8.52. The van der Waals surface area contributed by atoms with E-state index in [1.165, 1.54) is 7.11 Å². The number of carbonyl (C=O) groups excluding carboxylic acids is 2. The van der Waals surface area contributed by atoms with Gasteiger partial charge in [0.1, 0.15) is 12.3 Å². The van der Waals surface area contributed by atoms with Crippen LogP contribution in [0.4, 0.5) is 4.79 Å². The molecule has 146 valence electrons. The highest BCUT2D eigenvalue weighted by molar-refractivity contribution is 6.35. The Bertz CT molecular complexity index is 959. The molecule has 8 heteroatoms. The third-order valence-electron chi connectivity index (χ3n) is 4.18. The predicted molar refractivity (Wildman–Crippen MR) is 108 cm³/mol. The summed E-state index contributed by atoms with van der Waals surface area (Å²) < 4.78 is 11.2. The Morgan fingerprint density at radius 3 is 2.54 bits per heavy atom. The van der Waals surface area contributed by atoms with Gasteiger partial charge in [0, 0.05) is 22.2 Å². The predicted octanol–water partition coefficient (Wildman–Crippen LogP) is 4.49. The van der Waals surface area contributed by atoms with Gasteiger partial charge in [-0.1, -0.05) is 35.3 Å². The van der Waals surface area contributed by atoms with E-state index in [2.05, 4.69) is 5.32 Å². The summed E-state index contributed by atoms with van der Waals surface area (Å²) in [7, 11) is 1.52. The van der Waals surface area contributed by atoms with E-state index in [9.17, 15) is 9.59 Å². The molecule has 0 radical (unpaired) electrons. The molecule has 1 heterocycles. The summed E-state index contributed by atoms with van der Waals surface area (Å²) in [5.41, 5.74) is 1.70. The molecular weight excluding hydrogens is 403 g/mol. The first kappa shape index (κ1) is 20.0. The number of carbonyl (C=O) groups is 2. The largest absolute Gasteiger partial charge is 0.493 e. The molecule has 0 aromatic heterocycles. The second-order valence-electron chi connectivity index (χ2n) is 5.97. The smallest absolute Gasteiger partial charge is 0.328 e. The fourth-order valence-corrected chi connectivity index (χ4v) is 3.18. The van der Waals surface area contributed by atoms with E-state index in [1.807, 2.05) is 0 Å². The number of likely N-dealkylation sites (N-methyl/N-ethyl adjacent to an activating group) is 1. The molecule has 1 saturated heterocycles. The van der Waals surface area contributed by atoms with Crippen molar-refractivity contribution in [3.05, 3.63) is 63.3 Å². The standard InChI is InChI=1S/C20H18Cl2N2O4/c1-3-24-19(25)16(23-20(24)26)8-12-4-7-17(18(9-12)27-2)28-11-13-5-6-14(21)10-15(13)22/h4-10H,3,11H2,1-2H3,(H,23,26)/b16-8+. The van der Waals surface area contributed by atoms with Crippen molar-refractivity contribution in [3.63, 3.8) is 0 Å². The van der Waals surface area contributed by atoms with Gasteiger partial charge in [0.25, 0.3) is 5.91 Å². The van der Waals surface area contributed by atoms with Crippen LogP contribution in [-0.2, 0) is 11.4 Å². The van der Waals surface area contributed by atoms with Crippen molar-refractivity contribution >= 4 is 41.2 Å². The molecule has 0 bridgehead atoms. The number of amides is 3. The van der Waals surface area contributed by atoms with Crippen LogP contribution in [0, 0.1) is 0 Å². The Morgan fingerprint density at radius 2 is 1.89 bits per heavy atom. The van der Waals surface area contributed by atoms with Gasteiger partial charge in [-0.3, -0.25) is 9.69 Å². The van der Waals surface area contributed by atoms with Gasteiger partial charge in [-0.15, -0.1) is 0 Å². The van der Waals surface area contributed by atoms with Crippen LogP contribution in [0.1, 0.15) is 18.1 Å². The highest BCUT2D eigenvalue weighted by Crippen LogP contribution is 2.31. The van der Waals surface area contributed by atoms with E-state index in [4.69, 9.17) is 32.7 Å². The number of urea groups is 1. The maximum atomic E-state index is 12.2. The molecule has 28 heavy (non-hydrogen) atoms. The van der Waals surface area contributed by atoms with Crippen molar-refractivity contribution in [2.45, 2.75) is 13.5 Å². The third kappa shape index (κ3) is 4.24. The van der Waals surface area contributed by atoms with Crippen molar-refractivity contribution in [1.29, 1.82) is 0 Å². The van der Waals surface area contributed by atoms with Gasteiger partial charge in [-0.05, 0) is 42.8 Å². The van der Waals surface area contributed by atoms with Crippen LogP contribution in [0.25, 0.3) is 6.08 Å². The van der Waals surface area contributed by atoms with Crippen LogP contribution in [-0.4, -0.2) is 30.5 Å². The maximum absolute atomic E-state index is 12.2. The number of ether oxygens (including phenoxy) is 2. The van der Waals surface area contributed by atoms with E-state index < -0.39 is 6.03 Å². The van der Waals surface area contributed by atoms with Crippen molar-refractivity contribution in [1.82, 2.24) is 10.2 Å². The number of nitrogens with zero attached hydrogens (tertiary/aromatic N) is 1. The van der Waals surface area contributed by atoms with E-state index in [1.54, 1.807) is 49.4 Å². The van der Waals surface area contributed by atoms with Crippen LogP contribution in [0.15, 0.2) is 42.1 Å². The number of hydrogen-bond donors (Lipinski definition) is 1. The lowest BCUT2D eigenvalue weighted by atomic mass is 10.1. The monoisotopic (exact) mass is 420 g/mol. The highest BCUT2D eigenvalue weighted by Gasteiger charge is 2.32. The number of benzene rings is 2. The van der Waals surface area contributed by atoms with Crippen LogP contribution >= 0.6 is 23.2 Å². The van der Waals surface area contributed by atoms with Gasteiger partial charge in [0.2, 0.25) is 0 Å². The van der Waals surface area contributed by atoms with Gasteiger partial charge in [0.15, 0.2) is 11.5 Å². The van der Waals surface area contributed by atoms with E-state index in [0.717, 1.165) is 10.5 Å². The van der Waals surface area contributed by atoms with Crippen LogP contribution in [0.3, 0.4) is 0 Å². The minimum atomic E-state index is -0.425. The summed E-state index contributed by atoms with van der Waals surface area (Å²) in [5, 5.41) is 3.64. The molecule has 1 fully saturated rings. The molecule has 1 aliphatic rings. The molecule has 1 aliphatic heterocycles. The Morgan fingerprint density at radius 1 is 1.11 bits per heavy atom. The van der Waals surface area contributed by atoms with Gasteiger partial charge in [0.05, 0.1) is 7.11 Å². The molecule has 1 N–H and O–H groups in total. The number of rotatable bonds is 6. The van der Waals surface area contributed by atoms with Crippen molar-refractivity contribution < 1.29 is 19.1 Å².